The van der Waals surface area contributed by atoms with Crippen molar-refractivity contribution in [1.29, 1.82) is 4.78 Å². The fourth-order valence-electron chi connectivity index (χ4n) is 3.10. The third-order valence-electron chi connectivity index (χ3n) is 5.01. The molecule has 0 fully saturated rings. The van der Waals surface area contributed by atoms with Gasteiger partial charge in [0.25, 0.3) is 5.91 Å². The Hall–Kier alpha value is -2.39. The molecule has 0 heterocycles. The maximum atomic E-state index is 12.7. The number of anilines is 2. The highest BCUT2D eigenvalue weighted by Crippen LogP contribution is 2.23. The molecule has 1 atom stereocenters. The third kappa shape index (κ3) is 7.07. The van der Waals surface area contributed by atoms with Crippen LogP contribution in [0.4, 0.5) is 11.4 Å². The number of nitrogens with zero attached hydrogens (tertiary/aromatic N) is 1. The quantitative estimate of drug-likeness (QED) is 0.469. The van der Waals surface area contributed by atoms with Gasteiger partial charge < -0.3 is 5.32 Å². The van der Waals surface area contributed by atoms with Crippen LogP contribution in [0.2, 0.25) is 0 Å². The third-order valence-corrected chi connectivity index (χ3v) is 8.10. The molecule has 0 unspecified atom stereocenters. The topological polar surface area (TPSA) is 107 Å². The molecule has 2 rings (SSSR count). The summed E-state index contributed by atoms with van der Waals surface area (Å²) in [6.07, 6.45) is 6.18. The van der Waals surface area contributed by atoms with Crippen molar-refractivity contribution < 1.29 is 17.4 Å². The Morgan fingerprint density at radius 2 is 1.58 bits per heavy atom. The second-order valence-electron chi connectivity index (χ2n) is 7.52. The second-order valence-corrected chi connectivity index (χ2v) is 11.8. The van der Waals surface area contributed by atoms with Crippen molar-refractivity contribution in [3.8, 4) is 0 Å². The van der Waals surface area contributed by atoms with Gasteiger partial charge in [0.2, 0.25) is 10.0 Å². The molecule has 0 aromatic heterocycles. The molecule has 2 aromatic carbocycles. The van der Waals surface area contributed by atoms with Crippen LogP contribution in [0.5, 0.6) is 0 Å². The van der Waals surface area contributed by atoms with Gasteiger partial charge in [-0.2, -0.15) is 0 Å². The molecule has 0 radical (unpaired) electrons. The number of amides is 1. The monoisotopic (exact) mass is 465 g/mol. The van der Waals surface area contributed by atoms with E-state index < -0.39 is 25.7 Å². The normalized spacial score (nSPS) is 13.4. The highest BCUT2D eigenvalue weighted by Gasteiger charge is 2.19. The Morgan fingerprint density at radius 3 is 2.19 bits per heavy atom. The standard InChI is InChI=1S/C22H31N3O4S2/c1-4-5-6-7-10-17-31(23,29)19-15-13-18(14-16-19)24-22(26)20-11-8-9-12-21(20)25(2)30(3,27)28/h8-9,11-16,23H,4-7,10,17H2,1-3H3,(H,24,26)/t31-/m0/s1. The fraction of sp³-hybridized carbons (Fsp3) is 0.409. The predicted molar refractivity (Wildman–Crippen MR) is 127 cm³/mol. The van der Waals surface area contributed by atoms with Crippen molar-refractivity contribution in [2.45, 2.75) is 43.9 Å². The highest BCUT2D eigenvalue weighted by molar-refractivity contribution is 7.92. The zero-order valence-electron chi connectivity index (χ0n) is 18.3. The van der Waals surface area contributed by atoms with Crippen LogP contribution in [0, 0.1) is 4.78 Å². The molecule has 0 bridgehead atoms. The van der Waals surface area contributed by atoms with E-state index in [2.05, 4.69) is 12.2 Å². The minimum Gasteiger partial charge on any atom is -0.322 e. The average Bonchev–Trinajstić information content (AvgIpc) is 2.72. The smallest absolute Gasteiger partial charge is 0.257 e. The van der Waals surface area contributed by atoms with Gasteiger partial charge in [-0.3, -0.25) is 9.10 Å². The number of carbonyl (C=O) groups excluding carboxylic acids is 1. The van der Waals surface area contributed by atoms with E-state index in [0.29, 0.717) is 16.3 Å². The van der Waals surface area contributed by atoms with E-state index in [0.717, 1.165) is 42.7 Å². The summed E-state index contributed by atoms with van der Waals surface area (Å²) in [7, 11) is -4.99. The van der Waals surface area contributed by atoms with E-state index in [1.807, 2.05) is 0 Å². The average molecular weight is 466 g/mol. The Balaban J connectivity index is 2.10. The van der Waals surface area contributed by atoms with Crippen molar-refractivity contribution in [1.82, 2.24) is 0 Å². The van der Waals surface area contributed by atoms with Crippen LogP contribution >= 0.6 is 0 Å². The Labute approximate surface area is 185 Å². The van der Waals surface area contributed by atoms with Crippen LogP contribution in [-0.4, -0.2) is 37.6 Å². The molecule has 170 valence electrons. The highest BCUT2D eigenvalue weighted by atomic mass is 32.2. The van der Waals surface area contributed by atoms with Gasteiger partial charge >= 0.3 is 0 Å². The van der Waals surface area contributed by atoms with Crippen molar-refractivity contribution in [2.24, 2.45) is 0 Å². The summed E-state index contributed by atoms with van der Waals surface area (Å²) in [5.74, 6) is -0.130. The number of para-hydroxylation sites is 1. The molecule has 0 aliphatic carbocycles. The summed E-state index contributed by atoms with van der Waals surface area (Å²) in [6.45, 7) is 2.14. The van der Waals surface area contributed by atoms with Gasteiger partial charge in [0.1, 0.15) is 0 Å². The summed E-state index contributed by atoms with van der Waals surface area (Å²) in [4.78, 5) is 13.2. The Bertz CT molecular complexity index is 1100. The summed E-state index contributed by atoms with van der Waals surface area (Å²) in [5, 5.41) is 2.74. The van der Waals surface area contributed by atoms with Crippen molar-refractivity contribution in [3.63, 3.8) is 0 Å². The van der Waals surface area contributed by atoms with E-state index in [1.54, 1.807) is 48.5 Å². The summed E-state index contributed by atoms with van der Waals surface area (Å²) >= 11 is 0. The summed E-state index contributed by atoms with van der Waals surface area (Å²) < 4.78 is 45.7. The number of nitrogens with one attached hydrogen (secondary N) is 2. The molecule has 0 spiro atoms. The van der Waals surface area contributed by atoms with Crippen LogP contribution in [0.1, 0.15) is 49.4 Å². The van der Waals surface area contributed by atoms with Gasteiger partial charge in [-0.1, -0.05) is 44.7 Å². The first kappa shape index (κ1) is 24.9. The largest absolute Gasteiger partial charge is 0.322 e. The van der Waals surface area contributed by atoms with Crippen molar-refractivity contribution >= 4 is 37.0 Å². The molecule has 1 amide bonds. The lowest BCUT2D eigenvalue weighted by Crippen LogP contribution is -2.27. The van der Waals surface area contributed by atoms with Gasteiger partial charge in [-0.05, 0) is 42.8 Å². The number of rotatable bonds is 11. The molecular formula is C22H31N3O4S2. The molecule has 31 heavy (non-hydrogen) atoms. The molecule has 2 N–H and O–H groups in total. The first-order chi connectivity index (χ1) is 14.6. The van der Waals surface area contributed by atoms with Gasteiger partial charge in [0, 0.05) is 23.4 Å². The zero-order valence-corrected chi connectivity index (χ0v) is 19.9. The van der Waals surface area contributed by atoms with E-state index >= 15 is 0 Å². The molecule has 0 aliphatic heterocycles. The van der Waals surface area contributed by atoms with Crippen LogP contribution in [0.25, 0.3) is 0 Å². The number of sulfonamides is 1. The lowest BCUT2D eigenvalue weighted by Gasteiger charge is -2.19. The number of benzene rings is 2. The minimum atomic E-state index is -3.52. The van der Waals surface area contributed by atoms with Gasteiger partial charge in [-0.25, -0.2) is 17.4 Å². The number of carbonyl (C=O) groups is 1. The molecule has 9 heteroatoms. The van der Waals surface area contributed by atoms with Crippen LogP contribution in [0.3, 0.4) is 0 Å². The lowest BCUT2D eigenvalue weighted by molar-refractivity contribution is 0.102. The number of hydrogen-bond donors (Lipinski definition) is 2. The molecule has 0 saturated heterocycles. The molecule has 2 aromatic rings. The van der Waals surface area contributed by atoms with Crippen molar-refractivity contribution in [2.75, 3.05) is 28.7 Å². The SMILES string of the molecule is CCCCCCC[S@](=N)(=O)c1ccc(NC(=O)c2ccccc2N(C)S(C)(=O)=O)cc1. The maximum Gasteiger partial charge on any atom is 0.257 e. The van der Waals surface area contributed by atoms with Crippen LogP contribution in [0.15, 0.2) is 53.4 Å². The molecular weight excluding hydrogens is 434 g/mol. The van der Waals surface area contributed by atoms with E-state index in [-0.39, 0.29) is 11.3 Å². The van der Waals surface area contributed by atoms with Crippen LogP contribution < -0.4 is 9.62 Å². The van der Waals surface area contributed by atoms with Gasteiger partial charge in [0.05, 0.1) is 27.2 Å². The summed E-state index contributed by atoms with van der Waals surface area (Å²) in [6, 6.07) is 12.9. The zero-order chi connectivity index (χ0) is 23.1. The lowest BCUT2D eigenvalue weighted by atomic mass is 10.1. The molecule has 0 saturated carbocycles. The van der Waals surface area contributed by atoms with E-state index in [1.165, 1.54) is 7.05 Å². The van der Waals surface area contributed by atoms with Crippen LogP contribution in [-0.2, 0) is 19.8 Å². The number of unbranched alkanes of at least 4 members (excludes halogenated alkanes) is 4. The fourth-order valence-corrected chi connectivity index (χ4v) is 5.04. The van der Waals surface area contributed by atoms with Gasteiger partial charge in [0.15, 0.2) is 0 Å². The maximum absolute atomic E-state index is 12.7. The minimum absolute atomic E-state index is 0.218. The molecule has 0 aliphatic rings. The summed E-state index contributed by atoms with van der Waals surface area (Å²) in [5.41, 5.74) is 0.968. The van der Waals surface area contributed by atoms with Crippen molar-refractivity contribution in [3.05, 3.63) is 54.1 Å². The van der Waals surface area contributed by atoms with E-state index in [4.69, 9.17) is 4.78 Å². The first-order valence-electron chi connectivity index (χ1n) is 10.3. The Morgan fingerprint density at radius 1 is 0.968 bits per heavy atom. The van der Waals surface area contributed by atoms with Gasteiger partial charge in [-0.15, -0.1) is 0 Å². The van der Waals surface area contributed by atoms with E-state index in [9.17, 15) is 17.4 Å². The first-order valence-corrected chi connectivity index (χ1v) is 13.8. The second kappa shape index (κ2) is 10.8. The number of hydrogen-bond acceptors (Lipinski definition) is 5. The Kier molecular flexibility index (Phi) is 8.64. The predicted octanol–water partition coefficient (Wildman–Crippen LogP) is 4.71. The molecule has 7 nitrogen and oxygen atoms in total.